The average molecular weight is 344 g/mol. The number of piperidine rings is 1. The van der Waals surface area contributed by atoms with Gasteiger partial charge in [-0.2, -0.15) is 0 Å². The molecule has 134 valence electrons. The summed E-state index contributed by atoms with van der Waals surface area (Å²) in [6, 6.07) is 7.24. The van der Waals surface area contributed by atoms with E-state index in [-0.39, 0.29) is 24.5 Å². The van der Waals surface area contributed by atoms with Crippen LogP contribution in [0.3, 0.4) is 0 Å². The monoisotopic (exact) mass is 344 g/mol. The molecule has 1 aliphatic rings. The molecule has 2 N–H and O–H groups in total. The molecule has 1 aliphatic heterocycles. The molecule has 2 amide bonds. The van der Waals surface area contributed by atoms with E-state index in [0.29, 0.717) is 13.0 Å². The highest BCUT2D eigenvalue weighted by molar-refractivity contribution is 5.82. The fourth-order valence-corrected chi connectivity index (χ4v) is 3.64. The van der Waals surface area contributed by atoms with Gasteiger partial charge >= 0.3 is 12.0 Å². The predicted molar refractivity (Wildman–Crippen MR) is 94.4 cm³/mol. The Bertz CT molecular complexity index is 798. The number of amides is 2. The van der Waals surface area contributed by atoms with E-state index in [0.717, 1.165) is 22.3 Å². The fourth-order valence-electron chi connectivity index (χ4n) is 3.64. The molecule has 0 radical (unpaired) electrons. The number of carbonyl (C=O) groups excluding carboxylic acids is 1. The molecule has 6 nitrogen and oxygen atoms in total. The average Bonchev–Trinajstić information content (AvgIpc) is 2.91. The van der Waals surface area contributed by atoms with Gasteiger partial charge < -0.3 is 19.7 Å². The van der Waals surface area contributed by atoms with E-state index in [2.05, 4.69) is 5.32 Å². The highest BCUT2D eigenvalue weighted by Crippen LogP contribution is 2.29. The van der Waals surface area contributed by atoms with E-state index < -0.39 is 11.9 Å². The summed E-state index contributed by atoms with van der Waals surface area (Å²) in [5, 5.41) is 13.2. The van der Waals surface area contributed by atoms with Crippen molar-refractivity contribution in [1.29, 1.82) is 0 Å². The minimum Gasteiger partial charge on any atom is -0.481 e. The second-order valence-electron chi connectivity index (χ2n) is 7.04. The van der Waals surface area contributed by atoms with Crippen LogP contribution in [0.1, 0.15) is 37.6 Å². The van der Waals surface area contributed by atoms with E-state index in [4.69, 9.17) is 4.42 Å². The molecule has 1 aromatic heterocycles. The zero-order valence-electron chi connectivity index (χ0n) is 14.8. The maximum Gasteiger partial charge on any atom is 0.318 e. The minimum absolute atomic E-state index is 0.170. The van der Waals surface area contributed by atoms with Crippen molar-refractivity contribution in [2.75, 3.05) is 13.1 Å². The first-order chi connectivity index (χ1) is 11.9. The molecule has 3 atom stereocenters. The number of furan rings is 1. The molecule has 2 heterocycles. The summed E-state index contributed by atoms with van der Waals surface area (Å²) < 4.78 is 5.90. The third-order valence-corrected chi connectivity index (χ3v) is 4.91. The van der Waals surface area contributed by atoms with Crippen LogP contribution < -0.4 is 5.32 Å². The lowest BCUT2D eigenvalue weighted by Crippen LogP contribution is -2.49. The van der Waals surface area contributed by atoms with Gasteiger partial charge in [-0.3, -0.25) is 4.79 Å². The Morgan fingerprint density at radius 1 is 1.32 bits per heavy atom. The molecule has 6 heteroatoms. The molecular formula is C19H24N2O4. The molecule has 1 saturated heterocycles. The number of hydrogen-bond donors (Lipinski definition) is 2. The van der Waals surface area contributed by atoms with Crippen LogP contribution in [-0.2, 0) is 4.79 Å². The summed E-state index contributed by atoms with van der Waals surface area (Å²) in [5.74, 6) is -0.443. The summed E-state index contributed by atoms with van der Waals surface area (Å²) in [5.41, 5.74) is 1.81. The first-order valence-electron chi connectivity index (χ1n) is 8.63. The molecule has 1 fully saturated rings. The Morgan fingerprint density at radius 3 is 2.72 bits per heavy atom. The molecule has 0 aliphatic carbocycles. The summed E-state index contributed by atoms with van der Waals surface area (Å²) in [6.45, 7) is 6.65. The second kappa shape index (κ2) is 6.78. The maximum atomic E-state index is 12.6. The number of hydrogen-bond acceptors (Lipinski definition) is 3. The second-order valence-corrected chi connectivity index (χ2v) is 7.04. The van der Waals surface area contributed by atoms with Crippen molar-refractivity contribution in [2.45, 2.75) is 33.2 Å². The lowest BCUT2D eigenvalue weighted by molar-refractivity contribution is -0.143. The summed E-state index contributed by atoms with van der Waals surface area (Å²) in [7, 11) is 0. The van der Waals surface area contributed by atoms with Crippen LogP contribution in [0.2, 0.25) is 0 Å². The Morgan fingerprint density at radius 2 is 2.04 bits per heavy atom. The molecule has 0 spiro atoms. The smallest absolute Gasteiger partial charge is 0.318 e. The number of urea groups is 1. The number of aliphatic carboxylic acids is 1. The van der Waals surface area contributed by atoms with Gasteiger partial charge in [0.1, 0.15) is 11.3 Å². The van der Waals surface area contributed by atoms with E-state index >= 15 is 0 Å². The van der Waals surface area contributed by atoms with E-state index in [1.54, 1.807) is 4.90 Å². The van der Waals surface area contributed by atoms with Crippen LogP contribution in [0.25, 0.3) is 11.0 Å². The zero-order chi connectivity index (χ0) is 18.1. The number of fused-ring (bicyclic) bond motifs is 1. The fraction of sp³-hybridized carbons (Fsp3) is 0.474. The van der Waals surface area contributed by atoms with Gasteiger partial charge in [0.15, 0.2) is 0 Å². The number of carboxylic acids is 1. The molecule has 2 aromatic rings. The van der Waals surface area contributed by atoms with Crippen molar-refractivity contribution in [3.05, 3.63) is 35.6 Å². The SMILES string of the molecule is Cc1c([C@@H](C)NC(=O)N2CC(C)CC(C(=O)O)C2)oc2ccccc12. The number of rotatable bonds is 3. The van der Waals surface area contributed by atoms with Crippen LogP contribution in [0.15, 0.2) is 28.7 Å². The summed E-state index contributed by atoms with van der Waals surface area (Å²) in [6.07, 6.45) is 0.608. The molecule has 0 saturated carbocycles. The van der Waals surface area contributed by atoms with Crippen molar-refractivity contribution in [3.8, 4) is 0 Å². The highest BCUT2D eigenvalue weighted by atomic mass is 16.4. The van der Waals surface area contributed by atoms with Gasteiger partial charge in [-0.15, -0.1) is 0 Å². The van der Waals surface area contributed by atoms with Gasteiger partial charge in [-0.05, 0) is 32.3 Å². The van der Waals surface area contributed by atoms with Gasteiger partial charge in [0, 0.05) is 24.0 Å². The van der Waals surface area contributed by atoms with Crippen molar-refractivity contribution in [3.63, 3.8) is 0 Å². The van der Waals surface area contributed by atoms with Gasteiger partial charge in [-0.1, -0.05) is 25.1 Å². The number of aryl methyl sites for hydroxylation is 1. The molecule has 2 unspecified atom stereocenters. The normalized spacial score (nSPS) is 22.0. The largest absolute Gasteiger partial charge is 0.481 e. The number of carboxylic acid groups (broad SMARTS) is 1. The predicted octanol–water partition coefficient (Wildman–Crippen LogP) is 3.55. The zero-order valence-corrected chi connectivity index (χ0v) is 14.8. The first-order valence-corrected chi connectivity index (χ1v) is 8.63. The van der Waals surface area contributed by atoms with Crippen molar-refractivity contribution < 1.29 is 19.1 Å². The number of benzene rings is 1. The van der Waals surface area contributed by atoms with Crippen LogP contribution in [0.4, 0.5) is 4.79 Å². The van der Waals surface area contributed by atoms with Crippen LogP contribution >= 0.6 is 0 Å². The Kier molecular flexibility index (Phi) is 4.70. The van der Waals surface area contributed by atoms with Gasteiger partial charge in [0.05, 0.1) is 12.0 Å². The number of likely N-dealkylation sites (tertiary alicyclic amines) is 1. The third-order valence-electron chi connectivity index (χ3n) is 4.91. The molecule has 1 aromatic carbocycles. The molecular weight excluding hydrogens is 320 g/mol. The third kappa shape index (κ3) is 3.48. The molecule has 3 rings (SSSR count). The molecule has 0 bridgehead atoms. The summed E-state index contributed by atoms with van der Waals surface area (Å²) >= 11 is 0. The van der Waals surface area contributed by atoms with Gasteiger partial charge in [-0.25, -0.2) is 4.79 Å². The van der Waals surface area contributed by atoms with Crippen molar-refractivity contribution in [1.82, 2.24) is 10.2 Å². The van der Waals surface area contributed by atoms with Crippen molar-refractivity contribution in [2.24, 2.45) is 11.8 Å². The lowest BCUT2D eigenvalue weighted by atomic mass is 9.91. The number of para-hydroxylation sites is 1. The van der Waals surface area contributed by atoms with E-state index in [9.17, 15) is 14.7 Å². The Hall–Kier alpha value is -2.50. The Balaban J connectivity index is 1.73. The first kappa shape index (κ1) is 17.3. The van der Waals surface area contributed by atoms with Crippen molar-refractivity contribution >= 4 is 23.0 Å². The number of carbonyl (C=O) groups is 2. The molecule has 25 heavy (non-hydrogen) atoms. The van der Waals surface area contributed by atoms with Crippen LogP contribution in [-0.4, -0.2) is 35.1 Å². The number of nitrogens with zero attached hydrogens (tertiary/aromatic N) is 1. The lowest BCUT2D eigenvalue weighted by Gasteiger charge is -2.35. The van der Waals surface area contributed by atoms with Gasteiger partial charge in [0.2, 0.25) is 0 Å². The number of nitrogens with one attached hydrogen (secondary N) is 1. The topological polar surface area (TPSA) is 82.8 Å². The van der Waals surface area contributed by atoms with Gasteiger partial charge in [0.25, 0.3) is 0 Å². The Labute approximate surface area is 146 Å². The minimum atomic E-state index is -0.842. The summed E-state index contributed by atoms with van der Waals surface area (Å²) in [4.78, 5) is 25.5. The standard InChI is InChI=1S/C19H24N2O4/c1-11-8-14(18(22)23)10-21(9-11)19(24)20-13(3)17-12(2)15-6-4-5-7-16(15)25-17/h4-7,11,13-14H,8-10H2,1-3H3,(H,20,24)(H,22,23)/t11?,13-,14?/m1/s1. The van der Waals surface area contributed by atoms with Crippen LogP contribution in [0, 0.1) is 18.8 Å². The maximum absolute atomic E-state index is 12.6. The van der Waals surface area contributed by atoms with E-state index in [1.807, 2.05) is 45.0 Å². The van der Waals surface area contributed by atoms with Crippen LogP contribution in [0.5, 0.6) is 0 Å². The highest BCUT2D eigenvalue weighted by Gasteiger charge is 2.32. The van der Waals surface area contributed by atoms with E-state index in [1.165, 1.54) is 0 Å². The quantitative estimate of drug-likeness (QED) is 0.892.